The smallest absolute Gasteiger partial charge is 0.308 e. The van der Waals surface area contributed by atoms with Gasteiger partial charge < -0.3 is 39.7 Å². The highest BCUT2D eigenvalue weighted by Gasteiger charge is 2.34. The largest absolute Gasteiger partial charge is 0.486 e. The van der Waals surface area contributed by atoms with Crippen molar-refractivity contribution < 1.29 is 33.7 Å². The average Bonchev–Trinajstić information content (AvgIpc) is 1.37. The number of aliphatic hydroxyl groups excluding tert-OH is 1. The van der Waals surface area contributed by atoms with Crippen molar-refractivity contribution in [1.29, 1.82) is 0 Å². The number of rotatable bonds is 9. The van der Waals surface area contributed by atoms with Gasteiger partial charge in [0.05, 0.1) is 82.0 Å². The lowest BCUT2D eigenvalue weighted by molar-refractivity contribution is -0.141. The average molecular weight is 1600 g/mol. The maximum absolute atomic E-state index is 14.7. The van der Waals surface area contributed by atoms with E-state index in [9.17, 15) is 19.1 Å². The monoisotopic (exact) mass is 1590 g/mol. The molecule has 99 heavy (non-hydrogen) atoms. The second-order valence-corrected chi connectivity index (χ2v) is 28.5. The Labute approximate surface area is 604 Å². The molecule has 514 valence electrons. The second-order valence-electron chi connectivity index (χ2n) is 24.9. The lowest BCUT2D eigenvalue weighted by Crippen LogP contribution is -2.48. The predicted molar refractivity (Wildman–Crippen MR) is 399 cm³/mol. The Morgan fingerprint density at radius 2 is 1.07 bits per heavy atom. The fourth-order valence-electron chi connectivity index (χ4n) is 12.7. The van der Waals surface area contributed by atoms with E-state index in [1.807, 2.05) is 156 Å². The zero-order valence-corrected chi connectivity index (χ0v) is 61.5. The number of aromatic nitrogens is 12. The number of nitrogens with one attached hydrogen (secondary N) is 2. The summed E-state index contributed by atoms with van der Waals surface area (Å²) in [6.45, 7) is 5.73. The number of carbonyl (C=O) groups is 2. The van der Waals surface area contributed by atoms with Gasteiger partial charge in [-0.25, -0.2) is 4.39 Å². The molecule has 3 fully saturated rings. The van der Waals surface area contributed by atoms with Crippen molar-refractivity contribution in [3.63, 3.8) is 0 Å². The number of H-pyrrole nitrogens is 1. The van der Waals surface area contributed by atoms with Gasteiger partial charge in [0.25, 0.3) is 0 Å². The van der Waals surface area contributed by atoms with E-state index in [0.29, 0.717) is 31.8 Å². The van der Waals surface area contributed by atoms with Crippen molar-refractivity contribution >= 4 is 152 Å². The molecule has 4 aliphatic heterocycles. The number of anilines is 2. The number of aromatic amines is 1. The van der Waals surface area contributed by atoms with E-state index in [2.05, 4.69) is 162 Å². The number of halogens is 5. The molecule has 4 atom stereocenters. The molecule has 6 aromatic heterocycles. The lowest BCUT2D eigenvalue weighted by atomic mass is 9.99. The van der Waals surface area contributed by atoms with Gasteiger partial charge in [-0.1, -0.05) is 63.7 Å². The van der Waals surface area contributed by atoms with Crippen LogP contribution in [0.2, 0.25) is 0 Å². The van der Waals surface area contributed by atoms with Crippen molar-refractivity contribution in [2.45, 2.75) is 37.8 Å². The molecule has 0 unspecified atom stereocenters. The number of aliphatic hydroxyl groups is 1. The summed E-state index contributed by atoms with van der Waals surface area (Å²) in [6, 6.07) is 39.0. The highest BCUT2D eigenvalue weighted by Crippen LogP contribution is 2.37. The van der Waals surface area contributed by atoms with Crippen LogP contribution in [-0.4, -0.2) is 151 Å². The van der Waals surface area contributed by atoms with Gasteiger partial charge >= 0.3 is 5.97 Å². The Balaban J connectivity index is 0.000000126. The maximum atomic E-state index is 14.7. The summed E-state index contributed by atoms with van der Waals surface area (Å²) < 4.78 is 39.3. The molecule has 3 saturated heterocycles. The molecule has 4 N–H and O–H groups in total. The molecule has 10 heterocycles. The Kier molecular flexibility index (Phi) is 22.4. The summed E-state index contributed by atoms with van der Waals surface area (Å²) in [5, 5.41) is 58.1. The molecule has 4 aliphatic rings. The Hall–Kier alpha value is -8.73. The van der Waals surface area contributed by atoms with Gasteiger partial charge in [0.2, 0.25) is 5.91 Å². The molecule has 0 bridgehead atoms. The SMILES string of the molecule is Brc1ccc2[nH]ncc2c1.Cn1cc2cc(Br)ccc2n1.Cn1ncc2cc(Br)ccc21.Cn1ncc2cc(Br)ccc21.Cn1ncc2cc(N3CC[C@@H](C(=O)N[C@H](CN4CCCC4)[C@H](O)c4cc(F)c5c(c4)OCCO5)C3)ccc21.Cn1ncc2cc(N3CC[C@@H](C(=O)O)C3)ccc21. The van der Waals surface area contributed by atoms with E-state index in [0.717, 1.165) is 130 Å². The summed E-state index contributed by atoms with van der Waals surface area (Å²) in [5.41, 5.74) is 9.11. The number of hydrogen-bond donors (Lipinski definition) is 4. The van der Waals surface area contributed by atoms with Gasteiger partial charge in [-0.15, -0.1) is 0 Å². The van der Waals surface area contributed by atoms with E-state index >= 15 is 0 Å². The van der Waals surface area contributed by atoms with E-state index in [-0.39, 0.29) is 35.8 Å². The van der Waals surface area contributed by atoms with Crippen molar-refractivity contribution in [3.8, 4) is 11.5 Å². The third-order valence-electron chi connectivity index (χ3n) is 18.0. The lowest BCUT2D eigenvalue weighted by Gasteiger charge is -2.30. The van der Waals surface area contributed by atoms with Crippen LogP contribution >= 0.6 is 63.7 Å². The Morgan fingerprint density at radius 3 is 1.63 bits per heavy atom. The number of aliphatic carboxylic acids is 1. The minimum absolute atomic E-state index is 0.0721. The summed E-state index contributed by atoms with van der Waals surface area (Å²) in [4.78, 5) is 31.0. The topological polar surface area (TPSA) is 233 Å². The van der Waals surface area contributed by atoms with Gasteiger partial charge in [-0.3, -0.25) is 38.1 Å². The van der Waals surface area contributed by atoms with Crippen LogP contribution in [0.5, 0.6) is 11.5 Å². The number of ether oxygens (including phenoxy) is 2. The molecule has 1 amide bonds. The van der Waals surface area contributed by atoms with E-state index in [4.69, 9.17) is 14.6 Å². The molecule has 7 aromatic carbocycles. The van der Waals surface area contributed by atoms with Crippen LogP contribution in [0.15, 0.2) is 176 Å². The van der Waals surface area contributed by atoms with Crippen molar-refractivity contribution in [2.75, 3.05) is 68.8 Å². The number of hydrogen-bond acceptors (Lipinski definition) is 14. The third-order valence-corrected chi connectivity index (χ3v) is 20.0. The summed E-state index contributed by atoms with van der Waals surface area (Å²) in [5.74, 6) is -1.44. The molecule has 22 nitrogen and oxygen atoms in total. The molecule has 0 saturated carbocycles. The second kappa shape index (κ2) is 31.6. The highest BCUT2D eigenvalue weighted by atomic mass is 79.9. The first kappa shape index (κ1) is 70.1. The van der Waals surface area contributed by atoms with Gasteiger partial charge in [0, 0.05) is 136 Å². The Morgan fingerprint density at radius 1 is 0.586 bits per heavy atom. The standard InChI is InChI=1S/C28H34FN5O4.C13H15N3O2.3C8H7BrN2.C7H5BrN2/c1-32-24-5-4-21(12-20(24)15-30-32)34-9-6-18(16-34)28(36)31-23(17-33-7-2-3-8-33)26(35)19-13-22(29)27-25(14-19)37-10-11-38-27;1-15-12-3-2-11(6-10(12)7-14-15)16-5-4-9(8-16)13(17)18;1-11-5-6-4-7(9)2-3-8(6)10-11;2*1-11-8-3-2-7(9)4-6(8)5-10-11;8-6-1-2-7-5(3-6)4-9-10-7/h4-5,12-15,18,23,26,35H,2-3,6-11,16-17H2,1H3,(H,31,36);2-3,6-7,9H,4-5,8H2,1H3,(H,17,18);3*2-5H,1H3;1-4H,(H,9,10)/t18-,23-,26-;9-;;;;/m11..../s1. The third kappa shape index (κ3) is 17.1. The van der Waals surface area contributed by atoms with E-state index in [1.165, 1.54) is 22.2 Å². The summed E-state index contributed by atoms with van der Waals surface area (Å²) in [7, 11) is 9.64. The summed E-state index contributed by atoms with van der Waals surface area (Å²) >= 11 is 13.6. The molecular weight excluding hydrogens is 1520 g/mol. The zero-order chi connectivity index (χ0) is 69.4. The highest BCUT2D eigenvalue weighted by molar-refractivity contribution is 9.11. The number of benzene rings is 7. The Bertz CT molecular complexity index is 4900. The van der Waals surface area contributed by atoms with Gasteiger partial charge in [-0.2, -0.15) is 30.6 Å². The van der Waals surface area contributed by atoms with Crippen LogP contribution in [0.3, 0.4) is 0 Å². The van der Waals surface area contributed by atoms with Crippen molar-refractivity contribution in [3.05, 3.63) is 188 Å². The molecular formula is C72H75Br4FN16O6. The molecule has 17 rings (SSSR count). The normalized spacial score (nSPS) is 16.3. The number of amides is 1. The number of fused-ring (bicyclic) bond motifs is 7. The summed E-state index contributed by atoms with van der Waals surface area (Å²) in [6.07, 6.45) is 13.8. The van der Waals surface area contributed by atoms with E-state index in [1.54, 1.807) is 12.3 Å². The predicted octanol–water partition coefficient (Wildman–Crippen LogP) is 13.4. The number of likely N-dealkylation sites (tertiary alicyclic amines) is 1. The van der Waals surface area contributed by atoms with Crippen LogP contribution in [0.4, 0.5) is 15.8 Å². The fraction of sp³-hybridized carbons (Fsp3) is 0.306. The van der Waals surface area contributed by atoms with Crippen LogP contribution in [0.1, 0.15) is 37.4 Å². The minimum Gasteiger partial charge on any atom is -0.486 e. The number of nitrogens with zero attached hydrogens (tertiary/aromatic N) is 14. The van der Waals surface area contributed by atoms with Crippen molar-refractivity contribution in [1.82, 2.24) is 69.3 Å². The molecule has 13 aromatic rings. The van der Waals surface area contributed by atoms with Crippen LogP contribution in [0, 0.1) is 17.7 Å². The van der Waals surface area contributed by atoms with Gasteiger partial charge in [0.15, 0.2) is 17.3 Å². The van der Waals surface area contributed by atoms with Gasteiger partial charge in [0.1, 0.15) is 19.3 Å². The molecule has 0 aliphatic carbocycles. The fourth-order valence-corrected chi connectivity index (χ4v) is 14.2. The van der Waals surface area contributed by atoms with E-state index < -0.39 is 23.9 Å². The number of carboxylic acid groups (broad SMARTS) is 1. The number of carbonyl (C=O) groups excluding carboxylic acids is 1. The quantitative estimate of drug-likeness (QED) is 0.105. The van der Waals surface area contributed by atoms with Gasteiger partial charge in [-0.05, 0) is 166 Å². The van der Waals surface area contributed by atoms with Crippen LogP contribution < -0.4 is 24.6 Å². The first-order chi connectivity index (χ1) is 47.8. The zero-order valence-electron chi connectivity index (χ0n) is 55.2. The maximum Gasteiger partial charge on any atom is 0.308 e. The van der Waals surface area contributed by atoms with Crippen LogP contribution in [-0.2, 0) is 44.8 Å². The first-order valence-electron chi connectivity index (χ1n) is 32.5. The minimum atomic E-state index is -1.09. The van der Waals surface area contributed by atoms with Crippen LogP contribution in [0.25, 0.3) is 65.4 Å². The van der Waals surface area contributed by atoms with Crippen molar-refractivity contribution in [2.24, 2.45) is 47.1 Å². The number of aryl methyl sites for hydroxylation is 5. The first-order valence-corrected chi connectivity index (χ1v) is 35.6. The molecule has 0 spiro atoms. The molecule has 0 radical (unpaired) electrons. The number of carboxylic acids is 1. The molecule has 27 heteroatoms.